The summed E-state index contributed by atoms with van der Waals surface area (Å²) in [5, 5.41) is 0. The summed E-state index contributed by atoms with van der Waals surface area (Å²) < 4.78 is 0. The lowest BCUT2D eigenvalue weighted by Crippen LogP contribution is -2.13. The highest BCUT2D eigenvalue weighted by atomic mass is 17.2. The molecular weight excluding hydrogens is 252 g/mol. The summed E-state index contributed by atoms with van der Waals surface area (Å²) in [5.74, 6) is -0.386. The Hall–Kier alpha value is -1.35. The van der Waals surface area contributed by atoms with Crippen LogP contribution in [0.15, 0.2) is 0 Å². The molecule has 0 aliphatic rings. The number of carbonyl (C=O) groups excluding carboxylic acids is 1. The molecule has 20 heavy (non-hydrogen) atoms. The van der Waals surface area contributed by atoms with Crippen LogP contribution in [0.2, 0.25) is 0 Å². The number of hydrogen-bond acceptors (Lipinski definition) is 3. The van der Waals surface area contributed by atoms with E-state index in [0.717, 1.165) is 41.5 Å². The SMILES string of the molecule is CCCCCOOC(=O)c1c(C)c(C)c(C)c(C)c1C. The molecule has 0 bridgehead atoms. The van der Waals surface area contributed by atoms with Crippen LogP contribution >= 0.6 is 0 Å². The highest BCUT2D eigenvalue weighted by Crippen LogP contribution is 2.26. The van der Waals surface area contributed by atoms with E-state index in [2.05, 4.69) is 13.8 Å². The summed E-state index contributed by atoms with van der Waals surface area (Å²) in [4.78, 5) is 22.2. The predicted octanol–water partition coefficient (Wildman–Crippen LogP) is 4.51. The van der Waals surface area contributed by atoms with Crippen molar-refractivity contribution in [3.63, 3.8) is 0 Å². The fourth-order valence-corrected chi connectivity index (χ4v) is 2.35. The molecule has 0 saturated heterocycles. The van der Waals surface area contributed by atoms with E-state index < -0.39 is 0 Å². The predicted molar refractivity (Wildman–Crippen MR) is 81.0 cm³/mol. The molecule has 0 spiro atoms. The van der Waals surface area contributed by atoms with E-state index in [1.165, 1.54) is 5.56 Å². The molecule has 0 N–H and O–H groups in total. The normalized spacial score (nSPS) is 10.7. The molecule has 0 amide bonds. The second-order valence-corrected chi connectivity index (χ2v) is 5.40. The lowest BCUT2D eigenvalue weighted by Gasteiger charge is -2.17. The molecule has 1 aromatic carbocycles. The molecule has 0 heterocycles. The Morgan fingerprint density at radius 2 is 1.35 bits per heavy atom. The van der Waals surface area contributed by atoms with Gasteiger partial charge < -0.3 is 0 Å². The zero-order valence-electron chi connectivity index (χ0n) is 13.6. The summed E-state index contributed by atoms with van der Waals surface area (Å²) in [6.07, 6.45) is 3.11. The van der Waals surface area contributed by atoms with Crippen molar-refractivity contribution in [1.82, 2.24) is 0 Å². The van der Waals surface area contributed by atoms with Gasteiger partial charge in [0.1, 0.15) is 0 Å². The van der Waals surface area contributed by atoms with Crippen LogP contribution in [0, 0.1) is 34.6 Å². The van der Waals surface area contributed by atoms with Gasteiger partial charge in [0, 0.05) is 0 Å². The zero-order chi connectivity index (χ0) is 15.3. The molecule has 0 fully saturated rings. The summed E-state index contributed by atoms with van der Waals surface area (Å²) >= 11 is 0. The first-order chi connectivity index (χ1) is 9.41. The van der Waals surface area contributed by atoms with Crippen LogP contribution < -0.4 is 0 Å². The van der Waals surface area contributed by atoms with E-state index >= 15 is 0 Å². The highest BCUT2D eigenvalue weighted by Gasteiger charge is 2.20. The Morgan fingerprint density at radius 3 is 1.85 bits per heavy atom. The van der Waals surface area contributed by atoms with E-state index in [4.69, 9.17) is 9.78 Å². The number of carbonyl (C=O) groups is 1. The largest absolute Gasteiger partial charge is 0.373 e. The number of hydrogen-bond donors (Lipinski definition) is 0. The van der Waals surface area contributed by atoms with E-state index in [0.29, 0.717) is 12.2 Å². The third kappa shape index (κ3) is 3.60. The summed E-state index contributed by atoms with van der Waals surface area (Å²) in [7, 11) is 0. The van der Waals surface area contributed by atoms with Crippen molar-refractivity contribution < 1.29 is 14.6 Å². The summed E-state index contributed by atoms with van der Waals surface area (Å²) in [6.45, 7) is 12.7. The average Bonchev–Trinajstić information content (AvgIpc) is 2.43. The van der Waals surface area contributed by atoms with E-state index in [1.54, 1.807) is 0 Å². The van der Waals surface area contributed by atoms with Crippen molar-refractivity contribution in [2.45, 2.75) is 60.8 Å². The molecule has 112 valence electrons. The molecule has 1 aromatic rings. The van der Waals surface area contributed by atoms with Gasteiger partial charge >= 0.3 is 5.97 Å². The van der Waals surface area contributed by atoms with Gasteiger partial charge in [0.2, 0.25) is 0 Å². The van der Waals surface area contributed by atoms with E-state index in [9.17, 15) is 4.79 Å². The first-order valence-corrected chi connectivity index (χ1v) is 7.32. The third-order valence-electron chi connectivity index (χ3n) is 4.17. The van der Waals surface area contributed by atoms with Gasteiger partial charge in [-0.2, -0.15) is 4.89 Å². The Morgan fingerprint density at radius 1 is 0.850 bits per heavy atom. The van der Waals surface area contributed by atoms with Crippen molar-refractivity contribution in [2.24, 2.45) is 0 Å². The molecule has 0 saturated carbocycles. The fraction of sp³-hybridized carbons (Fsp3) is 0.588. The van der Waals surface area contributed by atoms with E-state index in [1.807, 2.05) is 27.7 Å². The molecule has 0 aromatic heterocycles. The van der Waals surface area contributed by atoms with Crippen molar-refractivity contribution in [3.8, 4) is 0 Å². The van der Waals surface area contributed by atoms with Crippen molar-refractivity contribution >= 4 is 5.97 Å². The lowest BCUT2D eigenvalue weighted by atomic mass is 9.90. The van der Waals surface area contributed by atoms with Gasteiger partial charge in [0.05, 0.1) is 12.2 Å². The zero-order valence-corrected chi connectivity index (χ0v) is 13.6. The Bertz CT molecular complexity index is 460. The second-order valence-electron chi connectivity index (χ2n) is 5.40. The average molecular weight is 278 g/mol. The number of unbranched alkanes of at least 4 members (excludes halogenated alkanes) is 2. The van der Waals surface area contributed by atoms with Crippen LogP contribution in [0.4, 0.5) is 0 Å². The van der Waals surface area contributed by atoms with Gasteiger partial charge in [-0.15, -0.1) is 0 Å². The van der Waals surface area contributed by atoms with Crippen LogP contribution in [0.1, 0.15) is 64.4 Å². The van der Waals surface area contributed by atoms with Crippen LogP contribution in [0.25, 0.3) is 0 Å². The van der Waals surface area contributed by atoms with Crippen LogP contribution in [-0.2, 0) is 9.78 Å². The third-order valence-corrected chi connectivity index (χ3v) is 4.17. The van der Waals surface area contributed by atoms with Gasteiger partial charge in [-0.3, -0.25) is 4.89 Å². The minimum atomic E-state index is -0.386. The van der Waals surface area contributed by atoms with Crippen molar-refractivity contribution in [2.75, 3.05) is 6.61 Å². The maximum atomic E-state index is 12.2. The molecular formula is C17H26O3. The van der Waals surface area contributed by atoms with E-state index in [-0.39, 0.29) is 5.97 Å². The first-order valence-electron chi connectivity index (χ1n) is 7.32. The first kappa shape index (κ1) is 16.7. The monoisotopic (exact) mass is 278 g/mol. The molecule has 3 nitrogen and oxygen atoms in total. The van der Waals surface area contributed by atoms with Gasteiger partial charge in [-0.1, -0.05) is 19.8 Å². The molecule has 1 rings (SSSR count). The quantitative estimate of drug-likeness (QED) is 0.436. The molecule has 0 unspecified atom stereocenters. The minimum absolute atomic E-state index is 0.386. The lowest BCUT2D eigenvalue weighted by molar-refractivity contribution is -0.241. The van der Waals surface area contributed by atoms with Gasteiger partial charge in [-0.05, 0) is 68.9 Å². The maximum absolute atomic E-state index is 12.2. The molecule has 0 aliphatic heterocycles. The molecule has 0 aliphatic carbocycles. The van der Waals surface area contributed by atoms with Crippen molar-refractivity contribution in [1.29, 1.82) is 0 Å². The van der Waals surface area contributed by atoms with Gasteiger partial charge in [0.15, 0.2) is 0 Å². The Balaban J connectivity index is 2.83. The highest BCUT2D eigenvalue weighted by molar-refractivity contribution is 5.93. The second kappa shape index (κ2) is 7.44. The van der Waals surface area contributed by atoms with Gasteiger partial charge in [-0.25, -0.2) is 4.79 Å². The minimum Gasteiger partial charge on any atom is -0.293 e. The topological polar surface area (TPSA) is 35.5 Å². The van der Waals surface area contributed by atoms with Gasteiger partial charge in [0.25, 0.3) is 0 Å². The smallest absolute Gasteiger partial charge is 0.293 e. The maximum Gasteiger partial charge on any atom is 0.373 e. The van der Waals surface area contributed by atoms with Crippen LogP contribution in [-0.4, -0.2) is 12.6 Å². The number of rotatable bonds is 6. The molecule has 0 radical (unpaired) electrons. The molecule has 0 atom stereocenters. The Kier molecular flexibility index (Phi) is 6.21. The van der Waals surface area contributed by atoms with Crippen molar-refractivity contribution in [3.05, 3.63) is 33.4 Å². The summed E-state index contributed by atoms with van der Waals surface area (Å²) in [6, 6.07) is 0. The fourth-order valence-electron chi connectivity index (χ4n) is 2.35. The standard InChI is InChI=1S/C17H26O3/c1-7-8-9-10-19-20-17(18)16-14(5)12(3)11(2)13(4)15(16)6/h7-10H2,1-6H3. The Labute approximate surface area is 122 Å². The van der Waals surface area contributed by atoms with Crippen LogP contribution in [0.5, 0.6) is 0 Å². The van der Waals surface area contributed by atoms with Crippen LogP contribution in [0.3, 0.4) is 0 Å². The number of benzene rings is 1. The molecule has 3 heteroatoms. The summed E-state index contributed by atoms with van der Waals surface area (Å²) in [5.41, 5.74) is 6.12.